The molecule has 33 heavy (non-hydrogen) atoms. The molecule has 0 spiro atoms. The number of nitrogens with zero attached hydrogens (tertiary/aromatic N) is 2. The summed E-state index contributed by atoms with van der Waals surface area (Å²) in [5.74, 6) is 2.36. The predicted molar refractivity (Wildman–Crippen MR) is 134 cm³/mol. The minimum absolute atomic E-state index is 0.434. The maximum absolute atomic E-state index is 6.53. The van der Waals surface area contributed by atoms with Crippen molar-refractivity contribution in [2.45, 2.75) is 50.6 Å². The molecule has 3 heterocycles. The number of ether oxygens (including phenoxy) is 2. The topological polar surface area (TPSA) is 80.3 Å². The molecule has 1 saturated carbocycles. The minimum Gasteiger partial charge on any atom is -0.383 e. The fourth-order valence-corrected chi connectivity index (χ4v) is 4.83. The van der Waals surface area contributed by atoms with Gasteiger partial charge >= 0.3 is 0 Å². The second kappa shape index (κ2) is 12.5. The van der Waals surface area contributed by atoms with Crippen LogP contribution < -0.4 is 16.0 Å². The van der Waals surface area contributed by atoms with Gasteiger partial charge in [0.05, 0.1) is 17.3 Å². The molecule has 2 fully saturated rings. The molecule has 1 aliphatic heterocycles. The van der Waals surface area contributed by atoms with E-state index in [0.717, 1.165) is 94.3 Å². The van der Waals surface area contributed by atoms with E-state index in [-0.39, 0.29) is 0 Å². The Morgan fingerprint density at radius 1 is 1.03 bits per heavy atom. The number of nitrogens with one attached hydrogen (secondary N) is 3. The molecule has 0 unspecified atom stereocenters. The van der Waals surface area contributed by atoms with Crippen molar-refractivity contribution in [1.29, 1.82) is 0 Å². The van der Waals surface area contributed by atoms with Crippen LogP contribution >= 0.6 is 11.6 Å². The Balaban J connectivity index is 1.34. The lowest BCUT2D eigenvalue weighted by atomic mass is 9.91. The molecule has 8 heteroatoms. The first-order valence-corrected chi connectivity index (χ1v) is 12.5. The lowest BCUT2D eigenvalue weighted by molar-refractivity contribution is 0.0699. The van der Waals surface area contributed by atoms with E-state index < -0.39 is 0 Å². The molecule has 0 atom stereocenters. The number of methoxy groups -OCH3 is 1. The van der Waals surface area contributed by atoms with Crippen LogP contribution in [0.1, 0.15) is 38.5 Å². The molecule has 3 N–H and O–H groups in total. The first-order valence-electron chi connectivity index (χ1n) is 12.1. The summed E-state index contributed by atoms with van der Waals surface area (Å²) in [5.41, 5.74) is 1.76. The SMILES string of the molecule is COCCNC1CCC(Nc2cc(-c3nc(NCC4CCOCC4)ccc3Cl)ccn2)CC1. The summed E-state index contributed by atoms with van der Waals surface area (Å²) < 4.78 is 10.6. The molecule has 2 aliphatic rings. The van der Waals surface area contributed by atoms with Gasteiger partial charge in [-0.05, 0) is 68.7 Å². The zero-order valence-corrected chi connectivity index (χ0v) is 20.2. The van der Waals surface area contributed by atoms with Crippen molar-refractivity contribution >= 4 is 23.2 Å². The number of aromatic nitrogens is 2. The van der Waals surface area contributed by atoms with Crippen LogP contribution in [0.5, 0.6) is 0 Å². The molecule has 7 nitrogen and oxygen atoms in total. The van der Waals surface area contributed by atoms with Gasteiger partial charge in [0, 0.05) is 57.3 Å². The number of halogens is 1. The number of rotatable bonds is 10. The van der Waals surface area contributed by atoms with Gasteiger partial charge in [-0.3, -0.25) is 0 Å². The maximum Gasteiger partial charge on any atom is 0.126 e. The Bertz CT molecular complexity index is 870. The van der Waals surface area contributed by atoms with Crippen LogP contribution in [0.25, 0.3) is 11.3 Å². The highest BCUT2D eigenvalue weighted by Crippen LogP contribution is 2.30. The summed E-state index contributed by atoms with van der Waals surface area (Å²) in [7, 11) is 1.74. The standard InChI is InChI=1S/C25H36ClN5O2/c1-32-15-12-27-20-2-4-21(5-3-20)30-24-16-19(8-11-28-24)25-22(26)6-7-23(31-25)29-17-18-9-13-33-14-10-18/h6-8,11,16,18,20-21,27H,2-5,9-10,12-15,17H2,1H3,(H,28,30)(H,29,31). The van der Waals surface area contributed by atoms with Gasteiger partial charge in [-0.15, -0.1) is 0 Å². The van der Waals surface area contributed by atoms with Crippen LogP contribution in [0, 0.1) is 5.92 Å². The van der Waals surface area contributed by atoms with Gasteiger partial charge in [0.25, 0.3) is 0 Å². The summed E-state index contributed by atoms with van der Waals surface area (Å²) in [4.78, 5) is 9.36. The highest BCUT2D eigenvalue weighted by atomic mass is 35.5. The van der Waals surface area contributed by atoms with E-state index in [1.165, 1.54) is 0 Å². The molecule has 0 amide bonds. The second-order valence-electron chi connectivity index (χ2n) is 9.03. The minimum atomic E-state index is 0.434. The number of hydrogen-bond acceptors (Lipinski definition) is 7. The quantitative estimate of drug-likeness (QED) is 0.435. The van der Waals surface area contributed by atoms with Crippen molar-refractivity contribution in [2.24, 2.45) is 5.92 Å². The molecule has 0 radical (unpaired) electrons. The average molecular weight is 474 g/mol. The summed E-state index contributed by atoms with van der Waals surface area (Å²) in [6.07, 6.45) is 8.60. The summed E-state index contributed by atoms with van der Waals surface area (Å²) in [6, 6.07) is 8.91. The molecular formula is C25H36ClN5O2. The third-order valence-electron chi connectivity index (χ3n) is 6.61. The van der Waals surface area contributed by atoms with Crippen molar-refractivity contribution in [1.82, 2.24) is 15.3 Å². The van der Waals surface area contributed by atoms with Crippen LogP contribution in [0.2, 0.25) is 5.02 Å². The Kier molecular flexibility index (Phi) is 9.17. The fraction of sp³-hybridized carbons (Fsp3) is 0.600. The third-order valence-corrected chi connectivity index (χ3v) is 6.92. The summed E-state index contributed by atoms with van der Waals surface area (Å²) >= 11 is 6.53. The van der Waals surface area contributed by atoms with Gasteiger partial charge in [0.15, 0.2) is 0 Å². The number of pyridine rings is 2. The Morgan fingerprint density at radius 2 is 1.82 bits per heavy atom. The van der Waals surface area contributed by atoms with E-state index in [1.807, 2.05) is 24.4 Å². The molecule has 4 rings (SSSR count). The van der Waals surface area contributed by atoms with Gasteiger partial charge in [0.1, 0.15) is 11.6 Å². The van der Waals surface area contributed by atoms with E-state index in [2.05, 4.69) is 27.0 Å². The molecule has 0 bridgehead atoms. The van der Waals surface area contributed by atoms with Crippen LogP contribution in [-0.4, -0.2) is 62.1 Å². The van der Waals surface area contributed by atoms with Gasteiger partial charge in [-0.1, -0.05) is 11.6 Å². The van der Waals surface area contributed by atoms with E-state index in [9.17, 15) is 0 Å². The van der Waals surface area contributed by atoms with E-state index in [0.29, 0.717) is 23.0 Å². The Labute approximate surface area is 202 Å². The van der Waals surface area contributed by atoms with E-state index >= 15 is 0 Å². The van der Waals surface area contributed by atoms with Crippen LogP contribution in [0.3, 0.4) is 0 Å². The zero-order valence-electron chi connectivity index (χ0n) is 19.5. The lowest BCUT2D eigenvalue weighted by Crippen LogP contribution is -2.38. The largest absolute Gasteiger partial charge is 0.383 e. The summed E-state index contributed by atoms with van der Waals surface area (Å²) in [5, 5.41) is 11.3. The zero-order chi connectivity index (χ0) is 22.9. The third kappa shape index (κ3) is 7.27. The van der Waals surface area contributed by atoms with Gasteiger partial charge in [-0.25, -0.2) is 9.97 Å². The molecule has 1 saturated heterocycles. The van der Waals surface area contributed by atoms with Crippen molar-refractivity contribution < 1.29 is 9.47 Å². The molecule has 0 aromatic carbocycles. The smallest absolute Gasteiger partial charge is 0.126 e. The van der Waals surface area contributed by atoms with Crippen molar-refractivity contribution in [2.75, 3.05) is 50.7 Å². The molecule has 180 valence electrons. The normalized spacial score (nSPS) is 21.6. The van der Waals surface area contributed by atoms with Crippen molar-refractivity contribution in [3.05, 3.63) is 35.5 Å². The average Bonchev–Trinajstić information content (AvgIpc) is 2.85. The van der Waals surface area contributed by atoms with E-state index in [1.54, 1.807) is 7.11 Å². The molecule has 1 aliphatic carbocycles. The van der Waals surface area contributed by atoms with Crippen LogP contribution in [0.15, 0.2) is 30.5 Å². The monoisotopic (exact) mass is 473 g/mol. The van der Waals surface area contributed by atoms with Gasteiger partial charge in [0.2, 0.25) is 0 Å². The number of hydrogen-bond donors (Lipinski definition) is 3. The van der Waals surface area contributed by atoms with E-state index in [4.69, 9.17) is 26.1 Å². The molecule has 2 aromatic heterocycles. The first kappa shape index (κ1) is 24.2. The predicted octanol–water partition coefficient (Wildman–Crippen LogP) is 4.59. The lowest BCUT2D eigenvalue weighted by Gasteiger charge is -2.30. The van der Waals surface area contributed by atoms with Crippen LogP contribution in [-0.2, 0) is 9.47 Å². The Morgan fingerprint density at radius 3 is 2.61 bits per heavy atom. The number of anilines is 2. The van der Waals surface area contributed by atoms with Crippen LogP contribution in [0.4, 0.5) is 11.6 Å². The van der Waals surface area contributed by atoms with Crippen molar-refractivity contribution in [3.63, 3.8) is 0 Å². The summed E-state index contributed by atoms with van der Waals surface area (Å²) in [6.45, 7) is 4.29. The second-order valence-corrected chi connectivity index (χ2v) is 9.44. The highest BCUT2D eigenvalue weighted by molar-refractivity contribution is 6.33. The first-order chi connectivity index (χ1) is 16.2. The molecular weight excluding hydrogens is 438 g/mol. The fourth-order valence-electron chi connectivity index (χ4n) is 4.62. The maximum atomic E-state index is 6.53. The molecule has 2 aromatic rings. The van der Waals surface area contributed by atoms with Gasteiger partial charge in [-0.2, -0.15) is 0 Å². The van der Waals surface area contributed by atoms with Gasteiger partial charge < -0.3 is 25.4 Å². The highest BCUT2D eigenvalue weighted by Gasteiger charge is 2.21. The van der Waals surface area contributed by atoms with Crippen molar-refractivity contribution in [3.8, 4) is 11.3 Å². The Hall–Kier alpha value is -1.93.